The minimum absolute atomic E-state index is 0.0253. The molecule has 1 aliphatic heterocycles. The third kappa shape index (κ3) is 3.19. The zero-order valence-electron chi connectivity index (χ0n) is 11.1. The van der Waals surface area contributed by atoms with Gasteiger partial charge < -0.3 is 10.6 Å². The maximum absolute atomic E-state index is 12.0. The summed E-state index contributed by atoms with van der Waals surface area (Å²) in [6.07, 6.45) is 0. The molecular weight excluding hydrogens is 202 g/mol. The van der Waals surface area contributed by atoms with Gasteiger partial charge in [-0.25, -0.2) is 0 Å². The first kappa shape index (κ1) is 13.5. The summed E-state index contributed by atoms with van der Waals surface area (Å²) in [5.41, 5.74) is 0.0253. The molecule has 0 saturated carbocycles. The Morgan fingerprint density at radius 2 is 2.12 bits per heavy atom. The number of likely N-dealkylation sites (N-methyl/N-ethyl adjacent to an activating group) is 1. The van der Waals surface area contributed by atoms with Gasteiger partial charge in [-0.2, -0.15) is 0 Å². The van der Waals surface area contributed by atoms with E-state index >= 15 is 0 Å². The third-order valence-electron chi connectivity index (χ3n) is 3.07. The molecule has 2 unspecified atom stereocenters. The van der Waals surface area contributed by atoms with Crippen LogP contribution in [0.3, 0.4) is 0 Å². The van der Waals surface area contributed by atoms with Crippen molar-refractivity contribution in [3.8, 4) is 0 Å². The lowest BCUT2D eigenvalue weighted by Crippen LogP contribution is -2.56. The highest BCUT2D eigenvalue weighted by molar-refractivity contribution is 5.82. The second-order valence-corrected chi connectivity index (χ2v) is 5.75. The average molecular weight is 227 g/mol. The largest absolute Gasteiger partial charge is 0.354 e. The summed E-state index contributed by atoms with van der Waals surface area (Å²) in [5.74, 6) is 0.652. The number of carbonyl (C=O) groups is 1. The summed E-state index contributed by atoms with van der Waals surface area (Å²) < 4.78 is 0. The highest BCUT2D eigenvalue weighted by Gasteiger charge is 2.36. The van der Waals surface area contributed by atoms with Crippen molar-refractivity contribution in [2.24, 2.45) is 5.92 Å². The van der Waals surface area contributed by atoms with Crippen molar-refractivity contribution in [3.63, 3.8) is 0 Å². The van der Waals surface area contributed by atoms with Gasteiger partial charge in [0.05, 0.1) is 0 Å². The monoisotopic (exact) mass is 227 g/mol. The van der Waals surface area contributed by atoms with Gasteiger partial charge in [-0.15, -0.1) is 0 Å². The lowest BCUT2D eigenvalue weighted by molar-refractivity contribution is -0.127. The minimum atomic E-state index is -0.0602. The zero-order valence-corrected chi connectivity index (χ0v) is 11.1. The van der Waals surface area contributed by atoms with Crippen LogP contribution in [0.2, 0.25) is 0 Å². The summed E-state index contributed by atoms with van der Waals surface area (Å²) in [6, 6.07) is -0.0602. The number of amides is 1. The topological polar surface area (TPSA) is 44.4 Å². The van der Waals surface area contributed by atoms with Crippen molar-refractivity contribution in [1.82, 2.24) is 15.5 Å². The maximum atomic E-state index is 12.0. The molecule has 0 spiro atoms. The molecule has 94 valence electrons. The second kappa shape index (κ2) is 5.15. The standard InChI is InChI=1S/C12H25N3O/c1-9-6-14-11(16)10(7-13-5)15(8-9)12(2,3)4/h9-10,13H,6-8H2,1-5H3,(H,14,16). The van der Waals surface area contributed by atoms with E-state index in [4.69, 9.17) is 0 Å². The summed E-state index contributed by atoms with van der Waals surface area (Å²) >= 11 is 0. The molecule has 0 aliphatic carbocycles. The van der Waals surface area contributed by atoms with Gasteiger partial charge in [-0.1, -0.05) is 6.92 Å². The maximum Gasteiger partial charge on any atom is 0.238 e. The van der Waals surface area contributed by atoms with Crippen LogP contribution in [0.15, 0.2) is 0 Å². The molecule has 4 nitrogen and oxygen atoms in total. The van der Waals surface area contributed by atoms with E-state index in [9.17, 15) is 4.79 Å². The van der Waals surface area contributed by atoms with Gasteiger partial charge in [0.15, 0.2) is 0 Å². The van der Waals surface area contributed by atoms with Crippen LogP contribution in [-0.4, -0.2) is 49.1 Å². The SMILES string of the molecule is CNCC1C(=O)NCC(C)CN1C(C)(C)C. The summed E-state index contributed by atoms with van der Waals surface area (Å²) in [4.78, 5) is 14.3. The second-order valence-electron chi connectivity index (χ2n) is 5.75. The first-order valence-electron chi connectivity index (χ1n) is 6.05. The minimum Gasteiger partial charge on any atom is -0.354 e. The van der Waals surface area contributed by atoms with E-state index in [1.807, 2.05) is 7.05 Å². The van der Waals surface area contributed by atoms with E-state index in [0.717, 1.165) is 13.1 Å². The number of hydrogen-bond donors (Lipinski definition) is 2. The summed E-state index contributed by atoms with van der Waals surface area (Å²) in [6.45, 7) is 11.1. The molecule has 1 amide bonds. The predicted molar refractivity (Wildman–Crippen MR) is 66.3 cm³/mol. The van der Waals surface area contributed by atoms with Crippen molar-refractivity contribution in [2.45, 2.75) is 39.3 Å². The molecule has 0 bridgehead atoms. The van der Waals surface area contributed by atoms with Crippen LogP contribution in [-0.2, 0) is 4.79 Å². The number of nitrogens with one attached hydrogen (secondary N) is 2. The predicted octanol–water partition coefficient (Wildman–Crippen LogP) is 0.441. The molecule has 1 aliphatic rings. The first-order valence-corrected chi connectivity index (χ1v) is 6.05. The molecular formula is C12H25N3O. The molecule has 1 rings (SSSR count). The summed E-state index contributed by atoms with van der Waals surface area (Å²) in [7, 11) is 1.89. The molecule has 2 N–H and O–H groups in total. The number of carbonyl (C=O) groups excluding carboxylic acids is 1. The molecule has 1 saturated heterocycles. The van der Waals surface area contributed by atoms with Gasteiger partial charge in [0, 0.05) is 25.2 Å². The van der Waals surface area contributed by atoms with E-state index in [0.29, 0.717) is 12.5 Å². The molecule has 0 radical (unpaired) electrons. The van der Waals surface area contributed by atoms with Crippen molar-refractivity contribution >= 4 is 5.91 Å². The smallest absolute Gasteiger partial charge is 0.238 e. The van der Waals surface area contributed by atoms with Crippen LogP contribution in [0.25, 0.3) is 0 Å². The van der Waals surface area contributed by atoms with Crippen LogP contribution in [0.4, 0.5) is 0 Å². The summed E-state index contributed by atoms with van der Waals surface area (Å²) in [5, 5.41) is 6.12. The molecule has 1 heterocycles. The zero-order chi connectivity index (χ0) is 12.3. The lowest BCUT2D eigenvalue weighted by atomic mass is 10.0. The molecule has 0 aromatic carbocycles. The average Bonchev–Trinajstić information content (AvgIpc) is 2.30. The Labute approximate surface area is 98.8 Å². The molecule has 0 aromatic heterocycles. The lowest BCUT2D eigenvalue weighted by Gasteiger charge is -2.40. The highest BCUT2D eigenvalue weighted by Crippen LogP contribution is 2.20. The van der Waals surface area contributed by atoms with Gasteiger partial charge in [0.1, 0.15) is 6.04 Å². The number of rotatable bonds is 2. The first-order chi connectivity index (χ1) is 7.36. The highest BCUT2D eigenvalue weighted by atomic mass is 16.2. The van der Waals surface area contributed by atoms with Gasteiger partial charge in [-0.3, -0.25) is 9.69 Å². The Morgan fingerprint density at radius 1 is 1.50 bits per heavy atom. The van der Waals surface area contributed by atoms with Crippen LogP contribution in [0.1, 0.15) is 27.7 Å². The quantitative estimate of drug-likeness (QED) is 0.719. The van der Waals surface area contributed by atoms with Gasteiger partial charge in [-0.05, 0) is 33.7 Å². The van der Waals surface area contributed by atoms with Gasteiger partial charge in [0.25, 0.3) is 0 Å². The molecule has 0 aromatic rings. The Morgan fingerprint density at radius 3 is 2.62 bits per heavy atom. The Bertz CT molecular complexity index is 247. The van der Waals surface area contributed by atoms with Crippen molar-refractivity contribution < 1.29 is 4.79 Å². The fraction of sp³-hybridized carbons (Fsp3) is 0.917. The van der Waals surface area contributed by atoms with Crippen LogP contribution in [0.5, 0.6) is 0 Å². The molecule has 16 heavy (non-hydrogen) atoms. The van der Waals surface area contributed by atoms with E-state index in [1.54, 1.807) is 0 Å². The van der Waals surface area contributed by atoms with Gasteiger partial charge in [0.2, 0.25) is 5.91 Å². The van der Waals surface area contributed by atoms with Crippen LogP contribution >= 0.6 is 0 Å². The Hall–Kier alpha value is -0.610. The van der Waals surface area contributed by atoms with Crippen molar-refractivity contribution in [2.75, 3.05) is 26.7 Å². The Kier molecular flexibility index (Phi) is 4.33. The van der Waals surface area contributed by atoms with E-state index in [1.165, 1.54) is 0 Å². The van der Waals surface area contributed by atoms with Crippen LogP contribution < -0.4 is 10.6 Å². The fourth-order valence-corrected chi connectivity index (χ4v) is 2.20. The molecule has 1 fully saturated rings. The van der Waals surface area contributed by atoms with Crippen molar-refractivity contribution in [1.29, 1.82) is 0 Å². The fourth-order valence-electron chi connectivity index (χ4n) is 2.20. The van der Waals surface area contributed by atoms with E-state index in [-0.39, 0.29) is 17.5 Å². The van der Waals surface area contributed by atoms with Crippen LogP contribution in [0, 0.1) is 5.92 Å². The van der Waals surface area contributed by atoms with Crippen molar-refractivity contribution in [3.05, 3.63) is 0 Å². The number of nitrogens with zero attached hydrogens (tertiary/aromatic N) is 1. The Balaban J connectivity index is 2.90. The van der Waals surface area contributed by atoms with E-state index in [2.05, 4.69) is 43.2 Å². The molecule has 2 atom stereocenters. The molecule has 4 heteroatoms. The van der Waals surface area contributed by atoms with Gasteiger partial charge >= 0.3 is 0 Å². The normalized spacial score (nSPS) is 28.7. The third-order valence-corrected chi connectivity index (χ3v) is 3.07. The number of hydrogen-bond acceptors (Lipinski definition) is 3. The van der Waals surface area contributed by atoms with E-state index < -0.39 is 0 Å².